The van der Waals surface area contributed by atoms with Crippen LogP contribution in [0.1, 0.15) is 49.8 Å². The van der Waals surface area contributed by atoms with Crippen LogP contribution in [0.2, 0.25) is 0 Å². The van der Waals surface area contributed by atoms with Gasteiger partial charge in [-0.15, -0.1) is 0 Å². The maximum Gasteiger partial charge on any atom is 0.191 e. The first-order valence-electron chi connectivity index (χ1n) is 11.1. The largest absolute Gasteiger partial charge is 0.373 e. The van der Waals surface area contributed by atoms with Gasteiger partial charge in [0.2, 0.25) is 0 Å². The Balaban J connectivity index is 1.49. The monoisotopic (exact) mass is 398 g/mol. The number of guanidine groups is 1. The second-order valence-electron chi connectivity index (χ2n) is 8.71. The molecule has 0 aliphatic carbocycles. The molecule has 3 rings (SSSR count). The normalized spacial score (nSPS) is 24.3. The summed E-state index contributed by atoms with van der Waals surface area (Å²) in [7, 11) is 1.86. The lowest BCUT2D eigenvalue weighted by Crippen LogP contribution is -2.50. The van der Waals surface area contributed by atoms with Gasteiger partial charge in [-0.2, -0.15) is 0 Å². The van der Waals surface area contributed by atoms with Crippen LogP contribution < -0.4 is 10.6 Å². The molecule has 5 nitrogen and oxygen atoms in total. The smallest absolute Gasteiger partial charge is 0.191 e. The van der Waals surface area contributed by atoms with Crippen molar-refractivity contribution in [3.63, 3.8) is 0 Å². The first kappa shape index (κ1) is 21.8. The second-order valence-corrected chi connectivity index (χ2v) is 8.71. The summed E-state index contributed by atoms with van der Waals surface area (Å²) in [5.41, 5.74) is 3.82. The molecule has 0 saturated carbocycles. The molecule has 2 N–H and O–H groups in total. The van der Waals surface area contributed by atoms with Crippen LogP contribution in [0.15, 0.2) is 41.4 Å². The molecule has 2 unspecified atom stereocenters. The third-order valence-electron chi connectivity index (χ3n) is 6.03. The molecule has 0 amide bonds. The maximum absolute atomic E-state index is 6.16. The van der Waals surface area contributed by atoms with Crippen LogP contribution in [0.5, 0.6) is 0 Å². The molecular weight excluding hydrogens is 360 g/mol. The molecule has 5 heteroatoms. The van der Waals surface area contributed by atoms with Crippen LogP contribution in [-0.4, -0.2) is 56.7 Å². The molecule has 2 heterocycles. The SMILES string of the molecule is C=C(C)CN1CCC(NC(=NC)NCC2CCCOC2c2ccc(C)cc2)CC1. The van der Waals surface area contributed by atoms with Crippen LogP contribution in [0.3, 0.4) is 0 Å². The van der Waals surface area contributed by atoms with Gasteiger partial charge in [-0.25, -0.2) is 0 Å². The number of nitrogens with zero attached hydrogens (tertiary/aromatic N) is 2. The fourth-order valence-corrected chi connectivity index (χ4v) is 4.41. The van der Waals surface area contributed by atoms with Gasteiger partial charge in [0.05, 0.1) is 6.10 Å². The van der Waals surface area contributed by atoms with Crippen LogP contribution in [0.4, 0.5) is 0 Å². The third-order valence-corrected chi connectivity index (χ3v) is 6.03. The Morgan fingerprint density at radius 1 is 1.21 bits per heavy atom. The van der Waals surface area contributed by atoms with E-state index in [0.29, 0.717) is 12.0 Å². The highest BCUT2D eigenvalue weighted by Crippen LogP contribution is 2.33. The highest BCUT2D eigenvalue weighted by atomic mass is 16.5. The summed E-state index contributed by atoms with van der Waals surface area (Å²) in [4.78, 5) is 6.96. The number of nitrogens with one attached hydrogen (secondary N) is 2. The van der Waals surface area contributed by atoms with E-state index in [9.17, 15) is 0 Å². The van der Waals surface area contributed by atoms with Crippen LogP contribution in [0.25, 0.3) is 0 Å². The molecule has 0 bridgehead atoms. The lowest BCUT2D eigenvalue weighted by molar-refractivity contribution is -0.0265. The number of hydrogen-bond donors (Lipinski definition) is 2. The summed E-state index contributed by atoms with van der Waals surface area (Å²) >= 11 is 0. The van der Waals surface area contributed by atoms with E-state index >= 15 is 0 Å². The van der Waals surface area contributed by atoms with Crippen molar-refractivity contribution in [3.05, 3.63) is 47.5 Å². The Morgan fingerprint density at radius 3 is 2.59 bits per heavy atom. The van der Waals surface area contributed by atoms with E-state index in [0.717, 1.165) is 58.0 Å². The third kappa shape index (κ3) is 6.58. The molecule has 2 fully saturated rings. The summed E-state index contributed by atoms with van der Waals surface area (Å²) in [5.74, 6) is 1.37. The quantitative estimate of drug-likeness (QED) is 0.436. The van der Waals surface area contributed by atoms with E-state index in [1.807, 2.05) is 7.05 Å². The summed E-state index contributed by atoms with van der Waals surface area (Å²) in [5, 5.41) is 7.20. The minimum atomic E-state index is 0.167. The van der Waals surface area contributed by atoms with E-state index in [1.54, 1.807) is 0 Å². The number of rotatable bonds is 6. The van der Waals surface area contributed by atoms with E-state index in [2.05, 4.69) is 65.2 Å². The highest BCUT2D eigenvalue weighted by Gasteiger charge is 2.28. The van der Waals surface area contributed by atoms with Crippen LogP contribution >= 0.6 is 0 Å². The number of benzene rings is 1. The van der Waals surface area contributed by atoms with Gasteiger partial charge in [-0.3, -0.25) is 9.89 Å². The van der Waals surface area contributed by atoms with Gasteiger partial charge in [-0.1, -0.05) is 42.0 Å². The first-order valence-corrected chi connectivity index (χ1v) is 11.1. The second kappa shape index (κ2) is 10.8. The lowest BCUT2D eigenvalue weighted by Gasteiger charge is -2.34. The zero-order chi connectivity index (χ0) is 20.6. The summed E-state index contributed by atoms with van der Waals surface area (Å²) < 4.78 is 6.16. The van der Waals surface area contributed by atoms with Crippen molar-refractivity contribution in [3.8, 4) is 0 Å². The number of aliphatic imine (C=N–C) groups is 1. The fraction of sp³-hybridized carbons (Fsp3) is 0.625. The zero-order valence-electron chi connectivity index (χ0n) is 18.4. The maximum atomic E-state index is 6.16. The van der Waals surface area contributed by atoms with Crippen molar-refractivity contribution >= 4 is 5.96 Å². The fourth-order valence-electron chi connectivity index (χ4n) is 4.41. The molecule has 160 valence electrons. The molecule has 0 radical (unpaired) electrons. The average molecular weight is 399 g/mol. The van der Waals surface area contributed by atoms with Gasteiger partial charge in [0.15, 0.2) is 5.96 Å². The Morgan fingerprint density at radius 2 is 1.93 bits per heavy atom. The van der Waals surface area contributed by atoms with Gasteiger partial charge >= 0.3 is 0 Å². The highest BCUT2D eigenvalue weighted by molar-refractivity contribution is 5.80. The molecule has 0 spiro atoms. The van der Waals surface area contributed by atoms with Gasteiger partial charge < -0.3 is 15.4 Å². The van der Waals surface area contributed by atoms with Gasteiger partial charge in [0.25, 0.3) is 0 Å². The number of ether oxygens (including phenoxy) is 1. The predicted molar refractivity (Wildman–Crippen MR) is 121 cm³/mol. The number of aryl methyl sites for hydroxylation is 1. The van der Waals surface area contributed by atoms with Crippen molar-refractivity contribution in [2.75, 3.05) is 39.8 Å². The molecule has 2 saturated heterocycles. The lowest BCUT2D eigenvalue weighted by atomic mass is 9.89. The summed E-state index contributed by atoms with van der Waals surface area (Å²) in [6.07, 6.45) is 4.77. The molecular formula is C24H38N4O. The molecule has 29 heavy (non-hydrogen) atoms. The molecule has 1 aromatic carbocycles. The number of piperidine rings is 1. The van der Waals surface area contributed by atoms with Crippen molar-refractivity contribution in [2.45, 2.75) is 51.7 Å². The van der Waals surface area contributed by atoms with Gasteiger partial charge in [0.1, 0.15) is 0 Å². The summed E-state index contributed by atoms with van der Waals surface area (Å²) in [6.45, 7) is 13.3. The minimum absolute atomic E-state index is 0.167. The molecule has 1 aromatic rings. The Hall–Kier alpha value is -1.85. The van der Waals surface area contributed by atoms with Crippen LogP contribution in [-0.2, 0) is 4.74 Å². The first-order chi connectivity index (χ1) is 14.0. The van der Waals surface area contributed by atoms with Gasteiger partial charge in [0, 0.05) is 51.8 Å². The predicted octanol–water partition coefficient (Wildman–Crippen LogP) is 3.67. The summed E-state index contributed by atoms with van der Waals surface area (Å²) in [6, 6.07) is 9.27. The Bertz CT molecular complexity index is 677. The molecule has 2 aliphatic heterocycles. The van der Waals surface area contributed by atoms with E-state index in [-0.39, 0.29) is 6.10 Å². The molecule has 2 aliphatic rings. The molecule has 2 atom stereocenters. The van der Waals surface area contributed by atoms with E-state index in [1.165, 1.54) is 23.1 Å². The van der Waals surface area contributed by atoms with Crippen LogP contribution in [0, 0.1) is 12.8 Å². The van der Waals surface area contributed by atoms with E-state index < -0.39 is 0 Å². The number of hydrogen-bond acceptors (Lipinski definition) is 3. The number of likely N-dealkylation sites (tertiary alicyclic amines) is 1. The van der Waals surface area contributed by atoms with Crippen molar-refractivity contribution in [1.29, 1.82) is 0 Å². The minimum Gasteiger partial charge on any atom is -0.373 e. The van der Waals surface area contributed by atoms with Crippen molar-refractivity contribution in [2.24, 2.45) is 10.9 Å². The molecule has 0 aromatic heterocycles. The van der Waals surface area contributed by atoms with Crippen molar-refractivity contribution in [1.82, 2.24) is 15.5 Å². The Labute approximate surface area is 176 Å². The topological polar surface area (TPSA) is 48.9 Å². The average Bonchev–Trinajstić information content (AvgIpc) is 2.73. The Kier molecular flexibility index (Phi) is 8.13. The van der Waals surface area contributed by atoms with Crippen molar-refractivity contribution < 1.29 is 4.74 Å². The van der Waals surface area contributed by atoms with E-state index in [4.69, 9.17) is 4.74 Å². The standard InChI is InChI=1S/C24H38N4O/c1-18(2)17-28-13-11-22(12-14-28)27-24(25-4)26-16-21-6-5-15-29-23(21)20-9-7-19(3)8-10-20/h7-10,21-23H,1,5-6,11-17H2,2-4H3,(H2,25,26,27). The van der Waals surface area contributed by atoms with Gasteiger partial charge in [-0.05, 0) is 45.1 Å². The zero-order valence-corrected chi connectivity index (χ0v) is 18.4.